The fraction of sp³-hybridized carbons (Fsp3) is 0.474. The van der Waals surface area contributed by atoms with Crippen molar-refractivity contribution in [3.05, 3.63) is 46.8 Å². The molecule has 31 heavy (non-hydrogen) atoms. The average molecular weight is 459 g/mol. The standard InChI is InChI=1S/C19H20F3N3O5S/c1-31(28,29)17-2-9-6-25(7-16(9)23-17)10-3-15(24-19(26)27)18(30-8-10)11-4-13(21)14(22)5-12(11)20/h2,4-5,10,15,17-18,24H,3,6-8H2,1H3,(H,26,27)/t10-,15+,17?,18+/m1/s1. The minimum Gasteiger partial charge on any atom is -0.465 e. The lowest BCUT2D eigenvalue weighted by molar-refractivity contribution is -0.0526. The van der Waals surface area contributed by atoms with Crippen LogP contribution in [-0.4, -0.2) is 73.6 Å². The van der Waals surface area contributed by atoms with E-state index in [0.717, 1.165) is 11.8 Å². The molecule has 2 N–H and O–H groups in total. The van der Waals surface area contributed by atoms with E-state index >= 15 is 0 Å². The largest absolute Gasteiger partial charge is 0.465 e. The van der Waals surface area contributed by atoms with Crippen molar-refractivity contribution in [2.75, 3.05) is 26.0 Å². The Morgan fingerprint density at radius 1 is 1.23 bits per heavy atom. The van der Waals surface area contributed by atoms with Gasteiger partial charge in [-0.2, -0.15) is 0 Å². The van der Waals surface area contributed by atoms with Gasteiger partial charge in [0.05, 0.1) is 18.4 Å². The molecule has 0 saturated carbocycles. The van der Waals surface area contributed by atoms with E-state index in [1.54, 1.807) is 6.08 Å². The molecule has 3 heterocycles. The Kier molecular flexibility index (Phi) is 5.56. The van der Waals surface area contributed by atoms with E-state index in [2.05, 4.69) is 10.3 Å². The summed E-state index contributed by atoms with van der Waals surface area (Å²) in [4.78, 5) is 17.5. The first-order valence-electron chi connectivity index (χ1n) is 9.49. The summed E-state index contributed by atoms with van der Waals surface area (Å²) in [5, 5.41) is 10.6. The SMILES string of the molecule is CS(=O)(=O)C1C=C2CN([C@H]3CO[C@@H](c4cc(F)c(F)cc4F)[C@@H](NC(=O)O)C3)CC2=N1. The normalized spacial score (nSPS) is 28.8. The van der Waals surface area contributed by atoms with Gasteiger partial charge in [-0.15, -0.1) is 0 Å². The number of carboxylic acid groups (broad SMARTS) is 1. The van der Waals surface area contributed by atoms with Crippen molar-refractivity contribution in [2.45, 2.75) is 30.0 Å². The van der Waals surface area contributed by atoms with E-state index in [1.165, 1.54) is 0 Å². The maximum atomic E-state index is 14.3. The first-order chi connectivity index (χ1) is 14.5. The Hall–Kier alpha value is -2.44. The second-order valence-corrected chi connectivity index (χ2v) is 10.0. The van der Waals surface area contributed by atoms with E-state index in [9.17, 15) is 31.5 Å². The van der Waals surface area contributed by atoms with E-state index in [1.807, 2.05) is 4.90 Å². The summed E-state index contributed by atoms with van der Waals surface area (Å²) < 4.78 is 70.4. The van der Waals surface area contributed by atoms with E-state index < -0.39 is 50.9 Å². The van der Waals surface area contributed by atoms with Crippen LogP contribution in [0.3, 0.4) is 0 Å². The molecular formula is C19H20F3N3O5S. The van der Waals surface area contributed by atoms with Gasteiger partial charge in [0.2, 0.25) is 0 Å². The van der Waals surface area contributed by atoms with Crippen molar-refractivity contribution in [1.82, 2.24) is 10.2 Å². The minimum absolute atomic E-state index is 0.0942. The minimum atomic E-state index is -3.33. The molecule has 0 aliphatic carbocycles. The molecule has 1 amide bonds. The van der Waals surface area contributed by atoms with Crippen LogP contribution < -0.4 is 5.32 Å². The number of sulfone groups is 1. The molecule has 4 rings (SSSR count). The molecule has 1 aromatic rings. The maximum Gasteiger partial charge on any atom is 0.404 e. The van der Waals surface area contributed by atoms with Crippen LogP contribution in [-0.2, 0) is 14.6 Å². The first kappa shape index (κ1) is 21.8. The van der Waals surface area contributed by atoms with Crippen molar-refractivity contribution >= 4 is 21.6 Å². The number of benzene rings is 1. The number of nitrogens with zero attached hydrogens (tertiary/aromatic N) is 2. The lowest BCUT2D eigenvalue weighted by Crippen LogP contribution is -2.51. The molecule has 0 aromatic heterocycles. The number of hydrogen-bond acceptors (Lipinski definition) is 6. The van der Waals surface area contributed by atoms with Crippen molar-refractivity contribution in [3.8, 4) is 0 Å². The van der Waals surface area contributed by atoms with E-state index in [4.69, 9.17) is 4.74 Å². The molecule has 4 atom stereocenters. The van der Waals surface area contributed by atoms with E-state index in [0.29, 0.717) is 30.9 Å². The van der Waals surface area contributed by atoms with Crippen molar-refractivity contribution in [3.63, 3.8) is 0 Å². The third kappa shape index (κ3) is 4.32. The van der Waals surface area contributed by atoms with Gasteiger partial charge in [-0.1, -0.05) is 0 Å². The number of hydrogen-bond donors (Lipinski definition) is 2. The molecule has 0 bridgehead atoms. The van der Waals surface area contributed by atoms with Gasteiger partial charge < -0.3 is 15.2 Å². The smallest absolute Gasteiger partial charge is 0.404 e. The van der Waals surface area contributed by atoms with E-state index in [-0.39, 0.29) is 24.6 Å². The van der Waals surface area contributed by atoms with Gasteiger partial charge in [-0.25, -0.2) is 26.4 Å². The van der Waals surface area contributed by atoms with Gasteiger partial charge >= 0.3 is 6.09 Å². The quantitative estimate of drug-likeness (QED) is 0.663. The van der Waals surface area contributed by atoms with Gasteiger partial charge in [0.1, 0.15) is 11.9 Å². The average Bonchev–Trinajstić information content (AvgIpc) is 3.23. The van der Waals surface area contributed by atoms with Crippen molar-refractivity contribution in [1.29, 1.82) is 0 Å². The summed E-state index contributed by atoms with van der Waals surface area (Å²) in [5.41, 5.74) is 1.19. The number of amides is 1. The van der Waals surface area contributed by atoms with Crippen molar-refractivity contribution < 1.29 is 36.2 Å². The van der Waals surface area contributed by atoms with Gasteiger partial charge in [-0.05, 0) is 24.1 Å². The van der Waals surface area contributed by atoms with Gasteiger partial charge in [0.25, 0.3) is 0 Å². The van der Waals surface area contributed by atoms with Gasteiger partial charge in [0.15, 0.2) is 26.8 Å². The van der Waals surface area contributed by atoms with Crippen LogP contribution in [0, 0.1) is 17.5 Å². The lowest BCUT2D eigenvalue weighted by atomic mass is 9.92. The molecule has 3 aliphatic rings. The zero-order valence-electron chi connectivity index (χ0n) is 16.4. The molecule has 0 radical (unpaired) electrons. The van der Waals surface area contributed by atoms with Crippen LogP contribution >= 0.6 is 0 Å². The highest BCUT2D eigenvalue weighted by atomic mass is 32.2. The summed E-state index contributed by atoms with van der Waals surface area (Å²) in [7, 11) is -3.33. The second kappa shape index (κ2) is 7.92. The third-order valence-electron chi connectivity index (χ3n) is 5.69. The Morgan fingerprint density at radius 2 is 1.94 bits per heavy atom. The molecule has 1 aromatic carbocycles. The first-order valence-corrected chi connectivity index (χ1v) is 11.4. The number of halogens is 3. The van der Waals surface area contributed by atoms with Crippen LogP contribution in [0.25, 0.3) is 0 Å². The summed E-state index contributed by atoms with van der Waals surface area (Å²) in [6.07, 6.45) is 0.456. The molecule has 2 fully saturated rings. The third-order valence-corrected chi connectivity index (χ3v) is 6.81. The Bertz CT molecular complexity index is 1070. The Morgan fingerprint density at radius 3 is 2.58 bits per heavy atom. The maximum absolute atomic E-state index is 14.3. The molecule has 8 nitrogen and oxygen atoms in total. The summed E-state index contributed by atoms with van der Waals surface area (Å²) in [6, 6.07) is -0.0946. The summed E-state index contributed by atoms with van der Waals surface area (Å²) in [5.74, 6) is -3.63. The van der Waals surface area contributed by atoms with Gasteiger partial charge in [0, 0.05) is 37.0 Å². The molecule has 168 valence electrons. The van der Waals surface area contributed by atoms with Crippen molar-refractivity contribution in [2.24, 2.45) is 4.99 Å². The summed E-state index contributed by atoms with van der Waals surface area (Å²) in [6.45, 7) is 0.885. The number of carbonyl (C=O) groups is 1. The number of aliphatic imine (C=N–C) groups is 1. The van der Waals surface area contributed by atoms with Crippen LogP contribution in [0.15, 0.2) is 28.8 Å². The molecule has 0 spiro atoms. The molecule has 1 unspecified atom stereocenters. The number of rotatable bonds is 4. The zero-order chi connectivity index (χ0) is 22.5. The van der Waals surface area contributed by atoms with Crippen LogP contribution in [0.1, 0.15) is 18.1 Å². The molecular weight excluding hydrogens is 439 g/mol. The lowest BCUT2D eigenvalue weighted by Gasteiger charge is -2.40. The zero-order valence-corrected chi connectivity index (χ0v) is 17.2. The highest BCUT2D eigenvalue weighted by molar-refractivity contribution is 7.91. The van der Waals surface area contributed by atoms with Crippen LogP contribution in [0.5, 0.6) is 0 Å². The predicted octanol–water partition coefficient (Wildman–Crippen LogP) is 1.64. The summed E-state index contributed by atoms with van der Waals surface area (Å²) >= 11 is 0. The number of likely N-dealkylation sites (tertiary alicyclic amines) is 1. The number of nitrogens with one attached hydrogen (secondary N) is 1. The molecule has 12 heteroatoms. The number of fused-ring (bicyclic) bond motifs is 1. The molecule has 3 aliphatic heterocycles. The highest BCUT2D eigenvalue weighted by Crippen LogP contribution is 2.35. The van der Waals surface area contributed by atoms with Crippen LogP contribution in [0.2, 0.25) is 0 Å². The second-order valence-electron chi connectivity index (χ2n) is 7.88. The number of ether oxygens (including phenoxy) is 1. The highest BCUT2D eigenvalue weighted by Gasteiger charge is 2.41. The fourth-order valence-corrected chi connectivity index (χ4v) is 4.93. The molecule has 2 saturated heterocycles. The monoisotopic (exact) mass is 459 g/mol. The van der Waals surface area contributed by atoms with Gasteiger partial charge in [-0.3, -0.25) is 9.89 Å². The predicted molar refractivity (Wildman–Crippen MR) is 104 cm³/mol. The topological polar surface area (TPSA) is 108 Å². The van der Waals surface area contributed by atoms with Crippen LogP contribution in [0.4, 0.5) is 18.0 Å². The Balaban J connectivity index is 1.52. The fourth-order valence-electron chi connectivity index (χ4n) is 4.20. The Labute approximate surface area is 176 Å².